The number of carbonyl (C=O) groups is 4. The summed E-state index contributed by atoms with van der Waals surface area (Å²) in [5.74, 6) is -9.60. The fourth-order valence-electron chi connectivity index (χ4n) is 9.09. The van der Waals surface area contributed by atoms with Crippen molar-refractivity contribution in [3.63, 3.8) is 0 Å². The van der Waals surface area contributed by atoms with E-state index in [9.17, 15) is 44.7 Å². The number of ketones is 1. The number of benzene rings is 3. The Hall–Kier alpha value is -6.40. The number of H-pyrrole nitrogens is 1. The van der Waals surface area contributed by atoms with Crippen molar-refractivity contribution in [2.24, 2.45) is 23.7 Å². The number of aliphatic hydroxyl groups excluding tert-OH is 2. The number of phenolic OH excluding ortho intramolecular Hbond substituents is 3. The van der Waals surface area contributed by atoms with Crippen LogP contribution in [0.2, 0.25) is 0 Å². The van der Waals surface area contributed by atoms with Crippen molar-refractivity contribution in [3.05, 3.63) is 88.9 Å². The van der Waals surface area contributed by atoms with Gasteiger partial charge in [0, 0.05) is 96.8 Å². The van der Waals surface area contributed by atoms with Crippen molar-refractivity contribution >= 4 is 51.0 Å². The number of aromatic nitrogens is 1. The predicted octanol–water partition coefficient (Wildman–Crippen LogP) is 6.11. The second-order valence-electron chi connectivity index (χ2n) is 17.7. The number of amides is 1. The van der Waals surface area contributed by atoms with E-state index in [1.165, 1.54) is 60.3 Å². The van der Waals surface area contributed by atoms with Gasteiger partial charge >= 0.3 is 17.7 Å². The lowest BCUT2D eigenvalue weighted by Crippen LogP contribution is -2.46. The minimum Gasteiger partial charge on any atom is -0.507 e. The Morgan fingerprint density at radius 2 is 1.63 bits per heavy atom. The van der Waals surface area contributed by atoms with Crippen molar-refractivity contribution in [1.29, 1.82) is 0 Å². The number of para-hydroxylation sites is 1. The van der Waals surface area contributed by atoms with Gasteiger partial charge in [-0.2, -0.15) is 0 Å². The van der Waals surface area contributed by atoms with E-state index >= 15 is 0 Å². The molecule has 0 radical (unpaired) electrons. The first-order valence-electron chi connectivity index (χ1n) is 22.1. The number of hydrogen-bond donors (Lipinski definition) is 8. The molecule has 5 bridgehead atoms. The zero-order chi connectivity index (χ0) is 49.2. The van der Waals surface area contributed by atoms with Gasteiger partial charge < -0.3 is 59.5 Å². The topological polar surface area (TPSA) is 255 Å². The third-order valence-electron chi connectivity index (χ3n) is 13.2. The predicted molar refractivity (Wildman–Crippen MR) is 248 cm³/mol. The maximum atomic E-state index is 14.6. The van der Waals surface area contributed by atoms with Crippen molar-refractivity contribution in [1.82, 2.24) is 10.3 Å². The summed E-state index contributed by atoms with van der Waals surface area (Å²) >= 11 is 0. The summed E-state index contributed by atoms with van der Waals surface area (Å²) in [5.41, 5.74) is 1.000. The average molecular weight is 928 g/mol. The molecule has 3 aliphatic heterocycles. The second-order valence-corrected chi connectivity index (χ2v) is 17.7. The third kappa shape index (κ3) is 9.72. The number of carbonyl (C=O) groups excluding carboxylic acids is 4. The van der Waals surface area contributed by atoms with Crippen LogP contribution in [0.15, 0.2) is 66.6 Å². The largest absolute Gasteiger partial charge is 0.507 e. The number of Topliss-reactive ketones (excluding diaryl/α,β-unsaturated/α-hetero) is 1. The van der Waals surface area contributed by atoms with Gasteiger partial charge in [-0.15, -0.1) is 0 Å². The summed E-state index contributed by atoms with van der Waals surface area (Å²) in [7, 11) is 2.65. The normalized spacial score (nSPS) is 28.3. The molecule has 0 fully saturated rings. The first-order valence-corrected chi connectivity index (χ1v) is 22.1. The Bertz CT molecular complexity index is 2650. The maximum Gasteiger partial charge on any atom is 0.323 e. The molecule has 0 saturated carbocycles. The van der Waals surface area contributed by atoms with Gasteiger partial charge in [-0.25, -0.2) is 0 Å². The molecule has 0 aliphatic carbocycles. The number of allylic oxidation sites excluding steroid dienone is 2. The Balaban J connectivity index is 1.51. The van der Waals surface area contributed by atoms with E-state index in [0.717, 1.165) is 16.5 Å². The highest BCUT2D eigenvalue weighted by molar-refractivity contribution is 6.22. The SMILES string of the molecule is COC(=O)[C@H](Cc1c[nH]c2ccccc12)NCc1c2c(O)c3c(O)c(C)c4c(c3c1O)C(=O)[C@@](C)(O/C=C/[C@H](OC)[C@@H](C)[C@@H](OC(C)=O)[C@H](C)[C@H](O)[C@H](C)[C@@H](O)[C@@H](C)/C=C/C=C(/C)C(=O)N2)O4. The summed E-state index contributed by atoms with van der Waals surface area (Å²) in [6, 6.07) is 6.48. The summed E-state index contributed by atoms with van der Waals surface area (Å²) in [5, 5.41) is 65.2. The molecule has 1 amide bonds. The summed E-state index contributed by atoms with van der Waals surface area (Å²) in [6.07, 6.45) is 5.18. The lowest BCUT2D eigenvalue weighted by atomic mass is 9.78. The highest BCUT2D eigenvalue weighted by Crippen LogP contribution is 2.55. The molecular formula is C50H61N3O14. The lowest BCUT2D eigenvalue weighted by molar-refractivity contribution is -0.160. The monoisotopic (exact) mass is 927 g/mol. The standard InChI is InChI=1S/C50H61N3O14/c1-23-14-13-15-24(2)48(61)53-39-32(22-52-34(49(62)64-10)20-30-21-51-33-17-12-11-16-31(30)33)43(58)36-37(44(39)59)42(57)28(6)46-38(36)47(60)50(8,67-46)65-19-18-35(63-9)25(3)45(66-29(7)54)27(5)41(56)26(4)40(23)55/h11-19,21,23,25-27,34-35,40-41,45,51-52,55-59H,20,22H2,1-10H3,(H,53,61)/b14-13+,19-18+,24-15-/t23-,25+,26+,27+,34-,35-,40-,41+,45+,50-/m0/s1. The molecule has 10 atom stereocenters. The zero-order valence-electron chi connectivity index (χ0n) is 39.3. The van der Waals surface area contributed by atoms with E-state index in [4.69, 9.17) is 23.7 Å². The smallest absolute Gasteiger partial charge is 0.323 e. The molecule has 67 heavy (non-hydrogen) atoms. The molecule has 8 N–H and O–H groups in total. The van der Waals surface area contributed by atoms with Crippen LogP contribution in [-0.2, 0) is 46.3 Å². The van der Waals surface area contributed by atoms with Crippen LogP contribution in [0.4, 0.5) is 5.69 Å². The number of nitrogens with one attached hydrogen (secondary N) is 3. The van der Waals surface area contributed by atoms with Gasteiger partial charge in [0.2, 0.25) is 0 Å². The minimum absolute atomic E-state index is 0.00641. The number of fused-ring (bicyclic) bond motifs is 15. The van der Waals surface area contributed by atoms with Gasteiger partial charge in [0.05, 0.1) is 48.3 Å². The molecule has 4 heterocycles. The number of hydrogen-bond acceptors (Lipinski definition) is 15. The van der Waals surface area contributed by atoms with E-state index in [0.29, 0.717) is 0 Å². The fraction of sp³-hybridized carbons (Fsp3) is 0.440. The number of anilines is 1. The van der Waals surface area contributed by atoms with Crippen molar-refractivity contribution in [2.75, 3.05) is 19.5 Å². The second kappa shape index (κ2) is 20.2. The van der Waals surface area contributed by atoms with Crippen LogP contribution in [0, 0.1) is 30.6 Å². The number of aromatic hydroxyl groups is 3. The summed E-state index contributed by atoms with van der Waals surface area (Å²) < 4.78 is 28.9. The van der Waals surface area contributed by atoms with E-state index in [1.807, 2.05) is 24.3 Å². The van der Waals surface area contributed by atoms with Crippen LogP contribution in [0.3, 0.4) is 0 Å². The van der Waals surface area contributed by atoms with Gasteiger partial charge in [0.1, 0.15) is 29.4 Å². The van der Waals surface area contributed by atoms with Crippen molar-refractivity contribution < 1.29 is 68.4 Å². The van der Waals surface area contributed by atoms with Crippen LogP contribution in [0.25, 0.3) is 21.7 Å². The number of aliphatic hydroxyl groups is 2. The number of esters is 2. The molecule has 0 saturated heterocycles. The van der Waals surface area contributed by atoms with Crippen LogP contribution < -0.4 is 15.4 Å². The molecule has 17 heteroatoms. The Kier molecular flexibility index (Phi) is 15.1. The first-order chi connectivity index (χ1) is 31.7. The van der Waals surface area contributed by atoms with Gasteiger partial charge in [0.25, 0.3) is 11.7 Å². The number of methoxy groups -OCH3 is 2. The Morgan fingerprint density at radius 3 is 2.30 bits per heavy atom. The van der Waals surface area contributed by atoms with Crippen molar-refractivity contribution in [2.45, 2.75) is 105 Å². The average Bonchev–Trinajstić information content (AvgIpc) is 3.83. The van der Waals surface area contributed by atoms with Gasteiger partial charge in [0.15, 0.2) is 5.75 Å². The minimum atomic E-state index is -2.11. The highest BCUT2D eigenvalue weighted by atomic mass is 16.7. The Labute approximate surface area is 388 Å². The first kappa shape index (κ1) is 50.0. The molecule has 7 rings (SSSR count). The van der Waals surface area contributed by atoms with Crippen LogP contribution in [-0.4, -0.2) is 105 Å². The van der Waals surface area contributed by atoms with Crippen LogP contribution >= 0.6 is 0 Å². The van der Waals surface area contributed by atoms with Gasteiger partial charge in [-0.05, 0) is 31.6 Å². The molecule has 360 valence electrons. The van der Waals surface area contributed by atoms with Gasteiger partial charge in [-0.1, -0.05) is 64.1 Å². The highest BCUT2D eigenvalue weighted by Gasteiger charge is 2.50. The van der Waals surface area contributed by atoms with E-state index in [1.54, 1.807) is 46.0 Å². The van der Waals surface area contributed by atoms with Crippen LogP contribution in [0.1, 0.15) is 75.5 Å². The molecule has 3 aromatic carbocycles. The summed E-state index contributed by atoms with van der Waals surface area (Å²) in [6.45, 7) is 12.0. The zero-order valence-corrected chi connectivity index (χ0v) is 39.3. The summed E-state index contributed by atoms with van der Waals surface area (Å²) in [4.78, 5) is 57.5. The molecule has 4 aromatic rings. The quantitative estimate of drug-likeness (QED) is 0.0564. The molecule has 1 aromatic heterocycles. The number of ether oxygens (including phenoxy) is 5. The maximum absolute atomic E-state index is 14.6. The number of phenols is 3. The third-order valence-corrected chi connectivity index (χ3v) is 13.2. The molecule has 0 unspecified atom stereocenters. The van der Waals surface area contributed by atoms with E-state index in [2.05, 4.69) is 15.6 Å². The molecule has 17 nitrogen and oxygen atoms in total. The lowest BCUT2D eigenvalue weighted by Gasteiger charge is -2.38. The van der Waals surface area contributed by atoms with Crippen molar-refractivity contribution in [3.8, 4) is 23.0 Å². The Morgan fingerprint density at radius 1 is 0.925 bits per heavy atom. The van der Waals surface area contributed by atoms with Crippen LogP contribution in [0.5, 0.6) is 23.0 Å². The molecule has 3 aliphatic rings. The van der Waals surface area contributed by atoms with E-state index < -0.39 is 107 Å². The molecular weight excluding hydrogens is 867 g/mol. The number of aromatic amines is 1. The van der Waals surface area contributed by atoms with Gasteiger partial charge in [-0.3, -0.25) is 24.5 Å². The van der Waals surface area contributed by atoms with E-state index in [-0.39, 0.29) is 50.9 Å². The molecule has 0 spiro atoms. The fourth-order valence-corrected chi connectivity index (χ4v) is 9.09. The number of rotatable bonds is 8.